The summed E-state index contributed by atoms with van der Waals surface area (Å²) in [5.41, 5.74) is 2.59. The Bertz CT molecular complexity index is 939. The van der Waals surface area contributed by atoms with Gasteiger partial charge in [0.25, 0.3) is 5.56 Å². The molecule has 0 spiro atoms. The maximum absolute atomic E-state index is 12.0. The van der Waals surface area contributed by atoms with E-state index in [4.69, 9.17) is 0 Å². The highest BCUT2D eigenvalue weighted by Crippen LogP contribution is 2.32. The van der Waals surface area contributed by atoms with Crippen LogP contribution in [-0.2, 0) is 14.1 Å². The summed E-state index contributed by atoms with van der Waals surface area (Å²) in [6.07, 6.45) is 3.16. The normalized spacial score (nSPS) is 10.7. The number of benzene rings is 1. The highest BCUT2D eigenvalue weighted by molar-refractivity contribution is 5.97. The van der Waals surface area contributed by atoms with E-state index < -0.39 is 5.97 Å². The van der Waals surface area contributed by atoms with E-state index >= 15 is 0 Å². The van der Waals surface area contributed by atoms with Crippen molar-refractivity contribution in [1.82, 2.24) is 14.3 Å². The molecule has 6 nitrogen and oxygen atoms in total. The topological polar surface area (TPSA) is 77.1 Å². The second-order valence-corrected chi connectivity index (χ2v) is 5.25. The highest BCUT2D eigenvalue weighted by Gasteiger charge is 2.20. The number of carbonyl (C=O) groups is 1. The van der Waals surface area contributed by atoms with E-state index in [1.165, 1.54) is 21.5 Å². The van der Waals surface area contributed by atoms with Crippen molar-refractivity contribution in [2.24, 2.45) is 14.1 Å². The number of aromatic carboxylic acids is 1. The van der Waals surface area contributed by atoms with Gasteiger partial charge >= 0.3 is 5.97 Å². The van der Waals surface area contributed by atoms with Gasteiger partial charge in [-0.3, -0.25) is 9.48 Å². The number of carboxylic acid groups (broad SMARTS) is 1. The van der Waals surface area contributed by atoms with E-state index in [0.29, 0.717) is 16.7 Å². The van der Waals surface area contributed by atoms with Crippen molar-refractivity contribution >= 4 is 5.97 Å². The van der Waals surface area contributed by atoms with Crippen molar-refractivity contribution < 1.29 is 9.90 Å². The first-order valence-corrected chi connectivity index (χ1v) is 7.01. The molecule has 0 aliphatic heterocycles. The average Bonchev–Trinajstić information content (AvgIpc) is 2.92. The number of rotatable bonds is 3. The number of nitrogens with zero attached hydrogens (tertiary/aromatic N) is 3. The number of aryl methyl sites for hydroxylation is 2. The smallest absolute Gasteiger partial charge is 0.354 e. The average molecular weight is 309 g/mol. The van der Waals surface area contributed by atoms with Gasteiger partial charge in [0.2, 0.25) is 0 Å². The Morgan fingerprint density at radius 2 is 1.78 bits per heavy atom. The van der Waals surface area contributed by atoms with Gasteiger partial charge in [-0.2, -0.15) is 5.10 Å². The molecule has 0 unspecified atom stereocenters. The fourth-order valence-corrected chi connectivity index (χ4v) is 2.59. The molecular formula is C17H15N3O3. The van der Waals surface area contributed by atoms with E-state index in [1.807, 2.05) is 30.3 Å². The minimum Gasteiger partial charge on any atom is -0.477 e. The van der Waals surface area contributed by atoms with Crippen molar-refractivity contribution in [3.63, 3.8) is 0 Å². The van der Waals surface area contributed by atoms with Crippen molar-refractivity contribution in [3.05, 3.63) is 64.8 Å². The highest BCUT2D eigenvalue weighted by atomic mass is 16.4. The van der Waals surface area contributed by atoms with Gasteiger partial charge in [-0.25, -0.2) is 4.79 Å². The summed E-state index contributed by atoms with van der Waals surface area (Å²) in [4.78, 5) is 23.6. The first kappa shape index (κ1) is 14.8. The molecule has 3 rings (SSSR count). The van der Waals surface area contributed by atoms with Gasteiger partial charge in [0.15, 0.2) is 5.69 Å². The Morgan fingerprint density at radius 3 is 2.43 bits per heavy atom. The third kappa shape index (κ3) is 2.55. The molecule has 1 N–H and O–H groups in total. The molecule has 6 heteroatoms. The molecule has 0 bridgehead atoms. The molecule has 2 heterocycles. The molecule has 0 radical (unpaired) electrons. The lowest BCUT2D eigenvalue weighted by atomic mass is 9.96. The van der Waals surface area contributed by atoms with Crippen LogP contribution in [0.25, 0.3) is 22.3 Å². The van der Waals surface area contributed by atoms with Gasteiger partial charge in [-0.05, 0) is 11.1 Å². The minimum absolute atomic E-state index is 0.0841. The third-order valence-electron chi connectivity index (χ3n) is 3.74. The van der Waals surface area contributed by atoms with Crippen LogP contribution in [0.15, 0.2) is 53.6 Å². The van der Waals surface area contributed by atoms with Crippen LogP contribution in [0.4, 0.5) is 0 Å². The van der Waals surface area contributed by atoms with Crippen LogP contribution >= 0.6 is 0 Å². The fraction of sp³-hybridized carbons (Fsp3) is 0.118. The van der Waals surface area contributed by atoms with Crippen molar-refractivity contribution in [3.8, 4) is 22.3 Å². The van der Waals surface area contributed by atoms with Crippen LogP contribution in [-0.4, -0.2) is 25.4 Å². The maximum Gasteiger partial charge on any atom is 0.354 e. The predicted molar refractivity (Wildman–Crippen MR) is 86.3 cm³/mol. The molecule has 23 heavy (non-hydrogen) atoms. The van der Waals surface area contributed by atoms with Crippen LogP contribution in [0.1, 0.15) is 10.5 Å². The summed E-state index contributed by atoms with van der Waals surface area (Å²) in [5, 5.41) is 13.5. The van der Waals surface area contributed by atoms with Gasteiger partial charge in [0, 0.05) is 37.5 Å². The quantitative estimate of drug-likeness (QED) is 0.804. The number of hydrogen-bond donors (Lipinski definition) is 1. The lowest BCUT2D eigenvalue weighted by Gasteiger charge is -2.11. The molecule has 0 aliphatic rings. The molecule has 0 aliphatic carbocycles. The molecule has 116 valence electrons. The summed E-state index contributed by atoms with van der Waals surface area (Å²) in [5.74, 6) is -1.06. The second kappa shape index (κ2) is 5.57. The summed E-state index contributed by atoms with van der Waals surface area (Å²) in [6, 6.07) is 10.9. The van der Waals surface area contributed by atoms with Crippen molar-refractivity contribution in [2.75, 3.05) is 0 Å². The number of pyridine rings is 1. The minimum atomic E-state index is -1.06. The monoisotopic (exact) mass is 309 g/mol. The zero-order valence-corrected chi connectivity index (χ0v) is 12.7. The molecule has 0 amide bonds. The number of aromatic nitrogens is 3. The molecular weight excluding hydrogens is 294 g/mol. The largest absolute Gasteiger partial charge is 0.477 e. The van der Waals surface area contributed by atoms with Crippen molar-refractivity contribution in [2.45, 2.75) is 0 Å². The van der Waals surface area contributed by atoms with Gasteiger partial charge in [-0.15, -0.1) is 0 Å². The van der Waals surface area contributed by atoms with E-state index in [0.717, 1.165) is 5.56 Å². The van der Waals surface area contributed by atoms with Gasteiger partial charge < -0.3 is 9.67 Å². The Balaban J connectivity index is 2.34. The second-order valence-electron chi connectivity index (χ2n) is 5.25. The van der Waals surface area contributed by atoms with Crippen LogP contribution < -0.4 is 5.56 Å². The summed E-state index contributed by atoms with van der Waals surface area (Å²) < 4.78 is 2.75. The molecule has 3 aromatic rings. The summed E-state index contributed by atoms with van der Waals surface area (Å²) in [7, 11) is 3.22. The molecule has 0 saturated carbocycles. The van der Waals surface area contributed by atoms with Gasteiger partial charge in [0.05, 0.1) is 6.20 Å². The predicted octanol–water partition coefficient (Wildman–Crippen LogP) is 2.15. The SMILES string of the molecule is Cn1ncc(-c2cn(C)c(=O)cc2-c2ccccc2)c1C(=O)O. The summed E-state index contributed by atoms with van der Waals surface area (Å²) in [6.45, 7) is 0. The van der Waals surface area contributed by atoms with Crippen LogP contribution in [0.5, 0.6) is 0 Å². The van der Waals surface area contributed by atoms with E-state index in [9.17, 15) is 14.7 Å². The van der Waals surface area contributed by atoms with Crippen LogP contribution in [0.3, 0.4) is 0 Å². The Labute approximate surface area is 132 Å². The van der Waals surface area contributed by atoms with Crippen LogP contribution in [0.2, 0.25) is 0 Å². The van der Waals surface area contributed by atoms with E-state index in [1.54, 1.807) is 20.3 Å². The molecule has 0 atom stereocenters. The lowest BCUT2D eigenvalue weighted by Crippen LogP contribution is -2.16. The first-order chi connectivity index (χ1) is 11.0. The zero-order valence-electron chi connectivity index (χ0n) is 12.7. The Kier molecular flexibility index (Phi) is 3.57. The third-order valence-corrected chi connectivity index (χ3v) is 3.74. The standard InChI is InChI=1S/C17H15N3O3/c1-19-10-14(13-9-18-20(2)16(13)17(22)23)12(8-15(19)21)11-6-4-3-5-7-11/h3-10H,1-2H3,(H,22,23). The van der Waals surface area contributed by atoms with E-state index in [-0.39, 0.29) is 11.3 Å². The number of carboxylic acids is 1. The van der Waals surface area contributed by atoms with E-state index in [2.05, 4.69) is 5.10 Å². The van der Waals surface area contributed by atoms with Gasteiger partial charge in [-0.1, -0.05) is 30.3 Å². The van der Waals surface area contributed by atoms with Gasteiger partial charge in [0.1, 0.15) is 0 Å². The molecule has 1 aromatic carbocycles. The maximum atomic E-state index is 12.0. The Hall–Kier alpha value is -3.15. The zero-order chi connectivity index (χ0) is 16.6. The Morgan fingerprint density at radius 1 is 1.09 bits per heavy atom. The molecule has 2 aromatic heterocycles. The fourth-order valence-electron chi connectivity index (χ4n) is 2.59. The number of hydrogen-bond acceptors (Lipinski definition) is 3. The lowest BCUT2D eigenvalue weighted by molar-refractivity contribution is 0.0686. The molecule has 0 saturated heterocycles. The first-order valence-electron chi connectivity index (χ1n) is 7.01. The van der Waals surface area contributed by atoms with Crippen molar-refractivity contribution in [1.29, 1.82) is 0 Å². The summed E-state index contributed by atoms with van der Waals surface area (Å²) >= 11 is 0. The van der Waals surface area contributed by atoms with Crippen LogP contribution in [0, 0.1) is 0 Å². The molecule has 0 fully saturated rings.